The van der Waals surface area contributed by atoms with E-state index in [4.69, 9.17) is 0 Å². The lowest BCUT2D eigenvalue weighted by molar-refractivity contribution is 1.10. The minimum Gasteiger partial charge on any atom is -0.368 e. The summed E-state index contributed by atoms with van der Waals surface area (Å²) in [7, 11) is 0. The Labute approximate surface area is 73.4 Å². The van der Waals surface area contributed by atoms with E-state index in [1.165, 1.54) is 0 Å². The first-order valence-corrected chi connectivity index (χ1v) is 4.13. The second kappa shape index (κ2) is 3.70. The van der Waals surface area contributed by atoms with Crippen LogP contribution in [-0.4, -0.2) is 16.5 Å². The zero-order chi connectivity index (χ0) is 7.40. The predicted octanol–water partition coefficient (Wildman–Crippen LogP) is 1.51. The second-order valence-electron chi connectivity index (χ2n) is 1.73. The SMILES string of the molecule is CCNc1nccnc1I. The van der Waals surface area contributed by atoms with E-state index in [1.54, 1.807) is 12.4 Å². The fourth-order valence-corrected chi connectivity index (χ4v) is 1.10. The first-order valence-electron chi connectivity index (χ1n) is 3.05. The van der Waals surface area contributed by atoms with Crippen molar-refractivity contribution in [3.63, 3.8) is 0 Å². The molecule has 1 N–H and O–H groups in total. The standard InChI is InChI=1S/C6H8IN3/c1-2-8-6-5(7)9-3-4-10-6/h3-4H,2H2,1H3,(H,8,10). The van der Waals surface area contributed by atoms with Crippen molar-refractivity contribution in [3.8, 4) is 0 Å². The van der Waals surface area contributed by atoms with Crippen LogP contribution in [0.3, 0.4) is 0 Å². The average molecular weight is 249 g/mol. The zero-order valence-electron chi connectivity index (χ0n) is 5.63. The summed E-state index contributed by atoms with van der Waals surface area (Å²) >= 11 is 2.15. The summed E-state index contributed by atoms with van der Waals surface area (Å²) in [5.74, 6) is 0.866. The molecule has 0 atom stereocenters. The van der Waals surface area contributed by atoms with Crippen LogP contribution >= 0.6 is 22.6 Å². The summed E-state index contributed by atoms with van der Waals surface area (Å²) in [4.78, 5) is 8.15. The molecule has 0 saturated carbocycles. The molecular formula is C6H8IN3. The first kappa shape index (κ1) is 7.71. The highest BCUT2D eigenvalue weighted by molar-refractivity contribution is 14.1. The third-order valence-electron chi connectivity index (χ3n) is 0.998. The zero-order valence-corrected chi connectivity index (χ0v) is 7.79. The van der Waals surface area contributed by atoms with E-state index in [0.717, 1.165) is 16.1 Å². The molecule has 1 aromatic rings. The lowest BCUT2D eigenvalue weighted by Crippen LogP contribution is -2.01. The van der Waals surface area contributed by atoms with E-state index in [1.807, 2.05) is 6.92 Å². The topological polar surface area (TPSA) is 37.8 Å². The van der Waals surface area contributed by atoms with E-state index in [9.17, 15) is 0 Å². The van der Waals surface area contributed by atoms with Gasteiger partial charge in [-0.1, -0.05) is 0 Å². The Balaban J connectivity index is 2.81. The molecule has 0 unspecified atom stereocenters. The van der Waals surface area contributed by atoms with Gasteiger partial charge in [0.25, 0.3) is 0 Å². The maximum Gasteiger partial charge on any atom is 0.158 e. The highest BCUT2D eigenvalue weighted by atomic mass is 127. The molecule has 0 spiro atoms. The number of halogens is 1. The monoisotopic (exact) mass is 249 g/mol. The molecule has 0 radical (unpaired) electrons. The molecule has 0 aromatic carbocycles. The first-order chi connectivity index (χ1) is 4.84. The van der Waals surface area contributed by atoms with E-state index < -0.39 is 0 Å². The lowest BCUT2D eigenvalue weighted by atomic mass is 10.6. The molecule has 0 amide bonds. The number of aromatic nitrogens is 2. The van der Waals surface area contributed by atoms with Crippen LogP contribution in [0, 0.1) is 3.70 Å². The minimum atomic E-state index is 0.866. The van der Waals surface area contributed by atoms with Crippen LogP contribution in [0.5, 0.6) is 0 Å². The van der Waals surface area contributed by atoms with Crippen molar-refractivity contribution in [2.75, 3.05) is 11.9 Å². The van der Waals surface area contributed by atoms with E-state index in [0.29, 0.717) is 0 Å². The normalized spacial score (nSPS) is 9.40. The quantitative estimate of drug-likeness (QED) is 0.807. The molecule has 0 bridgehead atoms. The number of anilines is 1. The molecule has 54 valence electrons. The van der Waals surface area contributed by atoms with Gasteiger partial charge in [0.2, 0.25) is 0 Å². The van der Waals surface area contributed by atoms with Crippen molar-refractivity contribution in [1.29, 1.82) is 0 Å². The molecule has 1 aromatic heterocycles. The highest BCUT2D eigenvalue weighted by Crippen LogP contribution is 2.09. The molecule has 1 rings (SSSR count). The second-order valence-corrected chi connectivity index (χ2v) is 2.75. The van der Waals surface area contributed by atoms with Crippen LogP contribution in [0.4, 0.5) is 5.82 Å². The number of hydrogen-bond acceptors (Lipinski definition) is 3. The molecule has 0 fully saturated rings. The van der Waals surface area contributed by atoms with Crippen molar-refractivity contribution < 1.29 is 0 Å². The van der Waals surface area contributed by atoms with Gasteiger partial charge < -0.3 is 5.32 Å². The van der Waals surface area contributed by atoms with Crippen molar-refractivity contribution in [1.82, 2.24) is 9.97 Å². The molecular weight excluding hydrogens is 241 g/mol. The molecule has 10 heavy (non-hydrogen) atoms. The Morgan fingerprint density at radius 2 is 2.20 bits per heavy atom. The third-order valence-corrected chi connectivity index (χ3v) is 1.79. The van der Waals surface area contributed by atoms with Crippen molar-refractivity contribution in [2.45, 2.75) is 6.92 Å². The molecule has 0 aliphatic heterocycles. The van der Waals surface area contributed by atoms with Gasteiger partial charge in [-0.05, 0) is 29.5 Å². The molecule has 3 nitrogen and oxygen atoms in total. The van der Waals surface area contributed by atoms with E-state index in [2.05, 4.69) is 37.9 Å². The largest absolute Gasteiger partial charge is 0.368 e. The summed E-state index contributed by atoms with van der Waals surface area (Å²) in [5.41, 5.74) is 0. The van der Waals surface area contributed by atoms with Gasteiger partial charge in [0.05, 0.1) is 0 Å². The van der Waals surface area contributed by atoms with Gasteiger partial charge in [-0.15, -0.1) is 0 Å². The van der Waals surface area contributed by atoms with Gasteiger partial charge in [-0.25, -0.2) is 9.97 Å². The number of nitrogens with zero attached hydrogens (tertiary/aromatic N) is 2. The predicted molar refractivity (Wildman–Crippen MR) is 48.9 cm³/mol. The Bertz CT molecular complexity index is 214. The van der Waals surface area contributed by atoms with Crippen LogP contribution < -0.4 is 5.32 Å². The van der Waals surface area contributed by atoms with Gasteiger partial charge in [-0.2, -0.15) is 0 Å². The summed E-state index contributed by atoms with van der Waals surface area (Å²) < 4.78 is 0.918. The van der Waals surface area contributed by atoms with Crippen LogP contribution in [0.25, 0.3) is 0 Å². The smallest absolute Gasteiger partial charge is 0.158 e. The third kappa shape index (κ3) is 1.80. The molecule has 0 aliphatic carbocycles. The van der Waals surface area contributed by atoms with Crippen LogP contribution in [0.15, 0.2) is 12.4 Å². The Hall–Kier alpha value is -0.390. The van der Waals surface area contributed by atoms with Crippen LogP contribution in [-0.2, 0) is 0 Å². The molecule has 4 heteroatoms. The van der Waals surface area contributed by atoms with Crippen molar-refractivity contribution in [2.24, 2.45) is 0 Å². The number of nitrogens with one attached hydrogen (secondary N) is 1. The summed E-state index contributed by atoms with van der Waals surface area (Å²) in [5, 5.41) is 3.09. The fourth-order valence-electron chi connectivity index (χ4n) is 0.607. The van der Waals surface area contributed by atoms with Crippen molar-refractivity contribution >= 4 is 28.4 Å². The highest BCUT2D eigenvalue weighted by Gasteiger charge is 1.96. The maximum atomic E-state index is 4.09. The summed E-state index contributed by atoms with van der Waals surface area (Å²) in [6.45, 7) is 2.92. The van der Waals surface area contributed by atoms with Crippen LogP contribution in [0.1, 0.15) is 6.92 Å². The van der Waals surface area contributed by atoms with Crippen LogP contribution in [0.2, 0.25) is 0 Å². The van der Waals surface area contributed by atoms with Crippen molar-refractivity contribution in [3.05, 3.63) is 16.1 Å². The maximum absolute atomic E-state index is 4.09. The average Bonchev–Trinajstić information content (AvgIpc) is 1.94. The lowest BCUT2D eigenvalue weighted by Gasteiger charge is -2.01. The van der Waals surface area contributed by atoms with Gasteiger partial charge >= 0.3 is 0 Å². The van der Waals surface area contributed by atoms with Gasteiger partial charge in [0.1, 0.15) is 3.70 Å². The molecule has 0 aliphatic rings. The van der Waals surface area contributed by atoms with Gasteiger partial charge in [0, 0.05) is 18.9 Å². The Morgan fingerprint density at radius 1 is 1.50 bits per heavy atom. The fraction of sp³-hybridized carbons (Fsp3) is 0.333. The summed E-state index contributed by atoms with van der Waals surface area (Å²) in [6, 6.07) is 0. The minimum absolute atomic E-state index is 0.866. The van der Waals surface area contributed by atoms with Gasteiger partial charge in [-0.3, -0.25) is 0 Å². The summed E-state index contributed by atoms with van der Waals surface area (Å²) in [6.07, 6.45) is 3.36. The van der Waals surface area contributed by atoms with E-state index in [-0.39, 0.29) is 0 Å². The number of hydrogen-bond donors (Lipinski definition) is 1. The number of rotatable bonds is 2. The molecule has 0 saturated heterocycles. The van der Waals surface area contributed by atoms with E-state index >= 15 is 0 Å². The molecule has 1 heterocycles. The Morgan fingerprint density at radius 3 is 2.80 bits per heavy atom. The Kier molecular flexibility index (Phi) is 2.85. The van der Waals surface area contributed by atoms with Gasteiger partial charge in [0.15, 0.2) is 5.82 Å².